The minimum atomic E-state index is -3.58. The molecule has 0 radical (unpaired) electrons. The molecule has 1 aliphatic heterocycles. The van der Waals surface area contributed by atoms with Crippen LogP contribution in [0.3, 0.4) is 0 Å². The molecule has 2 amide bonds. The van der Waals surface area contributed by atoms with E-state index < -0.39 is 9.84 Å². The summed E-state index contributed by atoms with van der Waals surface area (Å²) in [6.45, 7) is 4.30. The Balaban J connectivity index is 1.67. The molecule has 0 saturated carbocycles. The van der Waals surface area contributed by atoms with Crippen molar-refractivity contribution in [1.29, 1.82) is 0 Å². The number of carbonyl (C=O) groups is 2. The summed E-state index contributed by atoms with van der Waals surface area (Å²) < 4.78 is 25.3. The van der Waals surface area contributed by atoms with E-state index in [0.717, 1.165) is 16.8 Å². The lowest BCUT2D eigenvalue weighted by molar-refractivity contribution is -0.118. The fraction of sp³-hybridized carbons (Fsp3) is 0.333. The first-order valence-electron chi connectivity index (χ1n) is 9.32. The maximum atomic E-state index is 12.7. The largest absolute Gasteiger partial charge is 0.326 e. The molecule has 7 heteroatoms. The van der Waals surface area contributed by atoms with E-state index in [9.17, 15) is 18.0 Å². The smallest absolute Gasteiger partial charge is 0.226 e. The Morgan fingerprint density at radius 2 is 1.93 bits per heavy atom. The van der Waals surface area contributed by atoms with Crippen LogP contribution in [0.4, 0.5) is 11.4 Å². The Morgan fingerprint density at radius 3 is 2.64 bits per heavy atom. The molecule has 2 aromatic carbocycles. The summed E-state index contributed by atoms with van der Waals surface area (Å²) in [5, 5.41) is 2.73. The monoisotopic (exact) mass is 400 g/mol. The second kappa shape index (κ2) is 8.14. The molecule has 0 aromatic heterocycles. The Kier molecular flexibility index (Phi) is 5.84. The topological polar surface area (TPSA) is 83.6 Å². The van der Waals surface area contributed by atoms with Crippen LogP contribution in [0.1, 0.15) is 30.9 Å². The van der Waals surface area contributed by atoms with Crippen molar-refractivity contribution in [3.8, 4) is 0 Å². The number of amides is 2. The SMILES string of the molecule is CCC(=O)N1CCc2cc(S(=O)(=O)CCC(=O)Nc3cccc(C)c3)ccc21. The third kappa shape index (κ3) is 4.42. The van der Waals surface area contributed by atoms with Crippen molar-refractivity contribution in [1.82, 2.24) is 0 Å². The average Bonchev–Trinajstić information content (AvgIpc) is 3.09. The minimum absolute atomic E-state index is 0.0298. The summed E-state index contributed by atoms with van der Waals surface area (Å²) in [4.78, 5) is 26.0. The number of hydrogen-bond acceptors (Lipinski definition) is 4. The van der Waals surface area contributed by atoms with Crippen LogP contribution in [0, 0.1) is 6.92 Å². The van der Waals surface area contributed by atoms with Gasteiger partial charge in [0.25, 0.3) is 0 Å². The maximum Gasteiger partial charge on any atom is 0.226 e. The molecule has 0 spiro atoms. The van der Waals surface area contributed by atoms with Crippen LogP contribution in [-0.4, -0.2) is 32.5 Å². The van der Waals surface area contributed by atoms with Crippen molar-refractivity contribution in [2.45, 2.75) is 38.0 Å². The number of benzene rings is 2. The number of fused-ring (bicyclic) bond motifs is 1. The average molecular weight is 401 g/mol. The molecule has 0 saturated heterocycles. The fourth-order valence-electron chi connectivity index (χ4n) is 3.31. The summed E-state index contributed by atoms with van der Waals surface area (Å²) in [6.07, 6.45) is 0.932. The third-order valence-electron chi connectivity index (χ3n) is 4.81. The van der Waals surface area contributed by atoms with E-state index in [-0.39, 0.29) is 28.9 Å². The summed E-state index contributed by atoms with van der Waals surface area (Å²) in [7, 11) is -3.58. The van der Waals surface area contributed by atoms with Crippen molar-refractivity contribution in [3.63, 3.8) is 0 Å². The lowest BCUT2D eigenvalue weighted by Crippen LogP contribution is -2.27. The summed E-state index contributed by atoms with van der Waals surface area (Å²) in [5.41, 5.74) is 3.30. The van der Waals surface area contributed by atoms with Crippen LogP contribution in [0.5, 0.6) is 0 Å². The van der Waals surface area contributed by atoms with Gasteiger partial charge in [-0.15, -0.1) is 0 Å². The molecule has 0 unspecified atom stereocenters. The Bertz CT molecular complexity index is 1010. The highest BCUT2D eigenvalue weighted by Gasteiger charge is 2.26. The van der Waals surface area contributed by atoms with E-state index in [1.54, 1.807) is 30.0 Å². The number of nitrogens with zero attached hydrogens (tertiary/aromatic N) is 1. The predicted octanol–water partition coefficient (Wildman–Crippen LogP) is 3.10. The number of sulfone groups is 1. The molecular weight excluding hydrogens is 376 g/mol. The third-order valence-corrected chi connectivity index (χ3v) is 6.52. The number of rotatable bonds is 6. The fourth-order valence-corrected chi connectivity index (χ4v) is 4.60. The molecule has 0 bridgehead atoms. The van der Waals surface area contributed by atoms with Gasteiger partial charge in [-0.05, 0) is 54.8 Å². The lowest BCUT2D eigenvalue weighted by Gasteiger charge is -2.16. The van der Waals surface area contributed by atoms with Gasteiger partial charge in [0.2, 0.25) is 11.8 Å². The van der Waals surface area contributed by atoms with Gasteiger partial charge in [0.1, 0.15) is 0 Å². The van der Waals surface area contributed by atoms with E-state index in [1.165, 1.54) is 6.07 Å². The number of aryl methyl sites for hydroxylation is 1. The standard InChI is InChI=1S/C21H24N2O4S/c1-3-21(25)23-11-9-16-14-18(7-8-19(16)23)28(26,27)12-10-20(24)22-17-6-4-5-15(2)13-17/h4-8,13-14H,3,9-12H2,1-2H3,(H,22,24). The van der Waals surface area contributed by atoms with E-state index in [0.29, 0.717) is 25.1 Å². The predicted molar refractivity (Wildman–Crippen MR) is 109 cm³/mol. The first-order valence-corrected chi connectivity index (χ1v) is 11.0. The molecule has 1 aliphatic rings. The maximum absolute atomic E-state index is 12.7. The number of nitrogens with one attached hydrogen (secondary N) is 1. The Hall–Kier alpha value is -2.67. The van der Waals surface area contributed by atoms with Gasteiger partial charge in [0.15, 0.2) is 9.84 Å². The van der Waals surface area contributed by atoms with Gasteiger partial charge in [-0.1, -0.05) is 19.1 Å². The second-order valence-electron chi connectivity index (χ2n) is 6.93. The zero-order valence-electron chi connectivity index (χ0n) is 16.1. The van der Waals surface area contributed by atoms with Crippen LogP contribution >= 0.6 is 0 Å². The van der Waals surface area contributed by atoms with Gasteiger partial charge in [-0.2, -0.15) is 0 Å². The van der Waals surface area contributed by atoms with Crippen LogP contribution < -0.4 is 10.2 Å². The summed E-state index contributed by atoms with van der Waals surface area (Å²) in [6, 6.07) is 12.2. The molecule has 0 atom stereocenters. The molecule has 2 aromatic rings. The van der Waals surface area contributed by atoms with Gasteiger partial charge in [0, 0.05) is 30.8 Å². The molecule has 0 fully saturated rings. The molecule has 1 heterocycles. The van der Waals surface area contributed by atoms with Crippen molar-refractivity contribution in [2.75, 3.05) is 22.5 Å². The Labute approximate surface area is 165 Å². The van der Waals surface area contributed by atoms with Crippen LogP contribution in [-0.2, 0) is 25.8 Å². The molecule has 3 rings (SSSR count). The van der Waals surface area contributed by atoms with Gasteiger partial charge >= 0.3 is 0 Å². The quantitative estimate of drug-likeness (QED) is 0.808. The van der Waals surface area contributed by atoms with Crippen LogP contribution in [0.25, 0.3) is 0 Å². The number of carbonyl (C=O) groups excluding carboxylic acids is 2. The van der Waals surface area contributed by atoms with Crippen LogP contribution in [0.2, 0.25) is 0 Å². The summed E-state index contributed by atoms with van der Waals surface area (Å²) >= 11 is 0. The van der Waals surface area contributed by atoms with Gasteiger partial charge in [-0.3, -0.25) is 9.59 Å². The molecule has 148 valence electrons. The first kappa shape index (κ1) is 20.1. The minimum Gasteiger partial charge on any atom is -0.326 e. The first-order chi connectivity index (χ1) is 13.3. The molecule has 1 N–H and O–H groups in total. The number of anilines is 2. The zero-order valence-corrected chi connectivity index (χ0v) is 16.9. The van der Waals surface area contributed by atoms with E-state index in [1.807, 2.05) is 25.1 Å². The van der Waals surface area contributed by atoms with Crippen molar-refractivity contribution < 1.29 is 18.0 Å². The van der Waals surface area contributed by atoms with E-state index >= 15 is 0 Å². The van der Waals surface area contributed by atoms with E-state index in [2.05, 4.69) is 5.32 Å². The van der Waals surface area contributed by atoms with Crippen molar-refractivity contribution in [2.24, 2.45) is 0 Å². The molecule has 0 aliphatic carbocycles. The lowest BCUT2D eigenvalue weighted by atomic mass is 10.2. The van der Waals surface area contributed by atoms with E-state index in [4.69, 9.17) is 0 Å². The molecule has 28 heavy (non-hydrogen) atoms. The zero-order chi connectivity index (χ0) is 20.3. The van der Waals surface area contributed by atoms with Crippen LogP contribution in [0.15, 0.2) is 47.4 Å². The van der Waals surface area contributed by atoms with Gasteiger partial charge < -0.3 is 10.2 Å². The van der Waals surface area contributed by atoms with Gasteiger partial charge in [0.05, 0.1) is 10.6 Å². The van der Waals surface area contributed by atoms with Crippen molar-refractivity contribution in [3.05, 3.63) is 53.6 Å². The van der Waals surface area contributed by atoms with Gasteiger partial charge in [-0.25, -0.2) is 8.42 Å². The Morgan fingerprint density at radius 1 is 1.14 bits per heavy atom. The molecule has 6 nitrogen and oxygen atoms in total. The summed E-state index contributed by atoms with van der Waals surface area (Å²) in [5.74, 6) is -0.571. The molecular formula is C21H24N2O4S. The highest BCUT2D eigenvalue weighted by Crippen LogP contribution is 2.31. The number of hydrogen-bond donors (Lipinski definition) is 1. The highest BCUT2D eigenvalue weighted by molar-refractivity contribution is 7.91. The highest BCUT2D eigenvalue weighted by atomic mass is 32.2. The van der Waals surface area contributed by atoms with Crippen molar-refractivity contribution >= 4 is 33.0 Å². The normalized spacial score (nSPS) is 13.3. The second-order valence-corrected chi connectivity index (χ2v) is 9.04.